The molecular formula is C10H16N2O. The Balaban J connectivity index is 0.000000396. The van der Waals surface area contributed by atoms with Crippen molar-refractivity contribution in [3.8, 4) is 0 Å². The summed E-state index contributed by atoms with van der Waals surface area (Å²) in [4.78, 5) is 14.1. The molecule has 1 aliphatic rings. The number of aryl methyl sites for hydroxylation is 1. The van der Waals surface area contributed by atoms with E-state index in [-0.39, 0.29) is 5.91 Å². The largest absolute Gasteiger partial charge is 0.363 e. The number of aromatic amines is 1. The molecular weight excluding hydrogens is 164 g/mol. The van der Waals surface area contributed by atoms with Crippen LogP contribution in [0.5, 0.6) is 0 Å². The average molecular weight is 180 g/mol. The summed E-state index contributed by atoms with van der Waals surface area (Å²) in [6.45, 7) is 4.00. The van der Waals surface area contributed by atoms with E-state index in [0.29, 0.717) is 6.42 Å². The van der Waals surface area contributed by atoms with Crippen LogP contribution in [0.1, 0.15) is 32.4 Å². The Morgan fingerprint density at radius 1 is 1.31 bits per heavy atom. The molecule has 3 heteroatoms. The number of aromatic nitrogens is 1. The zero-order chi connectivity index (χ0) is 9.68. The van der Waals surface area contributed by atoms with Crippen molar-refractivity contribution < 1.29 is 4.79 Å². The predicted octanol–water partition coefficient (Wildman–Crippen LogP) is 2.32. The monoisotopic (exact) mass is 180 g/mol. The van der Waals surface area contributed by atoms with E-state index in [2.05, 4.69) is 10.3 Å². The highest BCUT2D eigenvalue weighted by atomic mass is 16.1. The lowest BCUT2D eigenvalue weighted by Crippen LogP contribution is -2.08. The molecule has 0 bridgehead atoms. The fourth-order valence-corrected chi connectivity index (χ4v) is 1.37. The van der Waals surface area contributed by atoms with Crippen molar-refractivity contribution in [2.45, 2.75) is 33.1 Å². The predicted molar refractivity (Wildman–Crippen MR) is 53.7 cm³/mol. The molecule has 1 aliphatic heterocycles. The standard InChI is InChI=1S/C8H10N2O.C2H6/c11-8-3-1-2-6-7(10-8)4-5-9-6;1-2/h4-5,9H,1-3H2,(H,10,11);1-2H3. The third-order valence-electron chi connectivity index (χ3n) is 1.94. The second kappa shape index (κ2) is 4.70. The summed E-state index contributed by atoms with van der Waals surface area (Å²) in [5.41, 5.74) is 2.10. The van der Waals surface area contributed by atoms with Gasteiger partial charge in [0.25, 0.3) is 0 Å². The average Bonchev–Trinajstić information content (AvgIpc) is 2.50. The molecule has 0 saturated heterocycles. The molecule has 2 N–H and O–H groups in total. The Kier molecular flexibility index (Phi) is 3.55. The molecule has 1 aromatic heterocycles. The molecule has 72 valence electrons. The summed E-state index contributed by atoms with van der Waals surface area (Å²) in [6.07, 6.45) is 4.42. The number of nitrogens with one attached hydrogen (secondary N) is 2. The molecule has 2 heterocycles. The van der Waals surface area contributed by atoms with Gasteiger partial charge in [-0.3, -0.25) is 4.79 Å². The SMILES string of the molecule is CC.O=C1CCCc2[nH]ccc2N1. The minimum atomic E-state index is 0.128. The van der Waals surface area contributed by atoms with E-state index in [1.54, 1.807) is 0 Å². The fourth-order valence-electron chi connectivity index (χ4n) is 1.37. The number of hydrogen-bond donors (Lipinski definition) is 2. The molecule has 0 atom stereocenters. The first-order valence-electron chi connectivity index (χ1n) is 4.82. The molecule has 1 aromatic rings. The van der Waals surface area contributed by atoms with Crippen LogP contribution < -0.4 is 5.32 Å². The number of H-pyrrole nitrogens is 1. The highest BCUT2D eigenvalue weighted by Crippen LogP contribution is 2.19. The second-order valence-electron chi connectivity index (χ2n) is 2.77. The zero-order valence-corrected chi connectivity index (χ0v) is 8.18. The summed E-state index contributed by atoms with van der Waals surface area (Å²) in [7, 11) is 0. The smallest absolute Gasteiger partial charge is 0.224 e. The molecule has 0 spiro atoms. The van der Waals surface area contributed by atoms with Gasteiger partial charge in [-0.1, -0.05) is 13.8 Å². The van der Waals surface area contributed by atoms with Gasteiger partial charge in [0.2, 0.25) is 5.91 Å². The summed E-state index contributed by atoms with van der Waals surface area (Å²) in [6, 6.07) is 1.90. The summed E-state index contributed by atoms with van der Waals surface area (Å²) >= 11 is 0. The lowest BCUT2D eigenvalue weighted by Gasteiger charge is -1.97. The van der Waals surface area contributed by atoms with Crippen LogP contribution >= 0.6 is 0 Å². The van der Waals surface area contributed by atoms with Gasteiger partial charge in [0, 0.05) is 18.3 Å². The molecule has 0 aliphatic carbocycles. The Bertz CT molecular complexity index is 278. The van der Waals surface area contributed by atoms with Gasteiger partial charge in [0.1, 0.15) is 0 Å². The van der Waals surface area contributed by atoms with Crippen LogP contribution in [0.2, 0.25) is 0 Å². The van der Waals surface area contributed by atoms with E-state index in [1.807, 2.05) is 26.1 Å². The topological polar surface area (TPSA) is 44.9 Å². The Morgan fingerprint density at radius 2 is 2.08 bits per heavy atom. The maximum atomic E-state index is 11.0. The Labute approximate surface area is 78.5 Å². The van der Waals surface area contributed by atoms with E-state index in [0.717, 1.165) is 24.2 Å². The quantitative estimate of drug-likeness (QED) is 0.632. The van der Waals surface area contributed by atoms with Crippen LogP contribution in [0.25, 0.3) is 0 Å². The van der Waals surface area contributed by atoms with Gasteiger partial charge in [0.05, 0.1) is 5.69 Å². The van der Waals surface area contributed by atoms with Crippen LogP contribution in [0, 0.1) is 0 Å². The molecule has 0 radical (unpaired) electrons. The van der Waals surface area contributed by atoms with Crippen molar-refractivity contribution in [2.24, 2.45) is 0 Å². The lowest BCUT2D eigenvalue weighted by atomic mass is 10.2. The Hall–Kier alpha value is -1.25. The molecule has 2 rings (SSSR count). The molecule has 0 aromatic carbocycles. The zero-order valence-electron chi connectivity index (χ0n) is 8.18. The summed E-state index contributed by atoms with van der Waals surface area (Å²) in [5.74, 6) is 0.128. The minimum absolute atomic E-state index is 0.128. The highest BCUT2D eigenvalue weighted by Gasteiger charge is 2.12. The van der Waals surface area contributed by atoms with E-state index in [1.165, 1.54) is 0 Å². The van der Waals surface area contributed by atoms with Gasteiger partial charge in [-0.05, 0) is 18.9 Å². The Morgan fingerprint density at radius 3 is 2.85 bits per heavy atom. The lowest BCUT2D eigenvalue weighted by molar-refractivity contribution is -0.116. The number of carbonyl (C=O) groups excluding carboxylic acids is 1. The van der Waals surface area contributed by atoms with Crippen molar-refractivity contribution in [3.63, 3.8) is 0 Å². The molecule has 1 amide bonds. The van der Waals surface area contributed by atoms with Crippen LogP contribution in [0.15, 0.2) is 12.3 Å². The molecule has 0 unspecified atom stereocenters. The third-order valence-corrected chi connectivity index (χ3v) is 1.94. The van der Waals surface area contributed by atoms with Gasteiger partial charge in [0.15, 0.2) is 0 Å². The first kappa shape index (κ1) is 9.84. The number of hydrogen-bond acceptors (Lipinski definition) is 1. The van der Waals surface area contributed by atoms with Crippen LogP contribution in [-0.2, 0) is 11.2 Å². The maximum Gasteiger partial charge on any atom is 0.224 e. The number of fused-ring (bicyclic) bond motifs is 1. The van der Waals surface area contributed by atoms with Gasteiger partial charge in [-0.2, -0.15) is 0 Å². The molecule has 0 fully saturated rings. The second-order valence-corrected chi connectivity index (χ2v) is 2.77. The highest BCUT2D eigenvalue weighted by molar-refractivity contribution is 5.91. The van der Waals surface area contributed by atoms with Gasteiger partial charge < -0.3 is 10.3 Å². The van der Waals surface area contributed by atoms with E-state index < -0.39 is 0 Å². The molecule has 0 saturated carbocycles. The molecule has 13 heavy (non-hydrogen) atoms. The van der Waals surface area contributed by atoms with Crippen LogP contribution in [0.3, 0.4) is 0 Å². The van der Waals surface area contributed by atoms with Crippen molar-refractivity contribution in [2.75, 3.05) is 5.32 Å². The van der Waals surface area contributed by atoms with Crippen LogP contribution in [0.4, 0.5) is 5.69 Å². The van der Waals surface area contributed by atoms with E-state index in [9.17, 15) is 4.79 Å². The van der Waals surface area contributed by atoms with E-state index in [4.69, 9.17) is 0 Å². The minimum Gasteiger partial charge on any atom is -0.363 e. The van der Waals surface area contributed by atoms with Gasteiger partial charge >= 0.3 is 0 Å². The third kappa shape index (κ3) is 2.34. The van der Waals surface area contributed by atoms with Gasteiger partial charge in [-0.15, -0.1) is 0 Å². The first-order chi connectivity index (χ1) is 6.36. The number of rotatable bonds is 0. The first-order valence-corrected chi connectivity index (χ1v) is 4.82. The molecule has 3 nitrogen and oxygen atoms in total. The number of anilines is 1. The van der Waals surface area contributed by atoms with E-state index >= 15 is 0 Å². The number of amides is 1. The van der Waals surface area contributed by atoms with Crippen molar-refractivity contribution in [1.29, 1.82) is 0 Å². The normalized spacial score (nSPS) is 14.8. The van der Waals surface area contributed by atoms with Crippen molar-refractivity contribution in [1.82, 2.24) is 4.98 Å². The van der Waals surface area contributed by atoms with Gasteiger partial charge in [-0.25, -0.2) is 0 Å². The van der Waals surface area contributed by atoms with Crippen molar-refractivity contribution >= 4 is 11.6 Å². The maximum absolute atomic E-state index is 11.0. The number of carbonyl (C=O) groups is 1. The fraction of sp³-hybridized carbons (Fsp3) is 0.500. The summed E-state index contributed by atoms with van der Waals surface area (Å²) < 4.78 is 0. The van der Waals surface area contributed by atoms with Crippen molar-refractivity contribution in [3.05, 3.63) is 18.0 Å². The van der Waals surface area contributed by atoms with Crippen LogP contribution in [-0.4, -0.2) is 10.9 Å². The summed E-state index contributed by atoms with van der Waals surface area (Å²) in [5, 5.41) is 2.83.